The second-order valence-electron chi connectivity index (χ2n) is 7.84. The van der Waals surface area contributed by atoms with Crippen LogP contribution in [0.4, 0.5) is 10.1 Å². The molecule has 1 aliphatic heterocycles. The van der Waals surface area contributed by atoms with Crippen LogP contribution in [0.25, 0.3) is 0 Å². The molecule has 0 aromatic heterocycles. The zero-order valence-corrected chi connectivity index (χ0v) is 17.1. The predicted molar refractivity (Wildman–Crippen MR) is 111 cm³/mol. The van der Waals surface area contributed by atoms with Crippen molar-refractivity contribution in [2.45, 2.75) is 39.3 Å². The number of carbonyl (C=O) groups excluding carboxylic acids is 1. The maximum Gasteiger partial charge on any atom is 0.373 e. The summed E-state index contributed by atoms with van der Waals surface area (Å²) < 4.78 is 13.7. The number of hydrogen-bond acceptors (Lipinski definition) is 5. The molecular weight excluding hydrogens is 371 g/mol. The molecule has 156 valence electrons. The van der Waals surface area contributed by atoms with E-state index in [2.05, 4.69) is 24.1 Å². The molecule has 0 unspecified atom stereocenters. The topological polar surface area (TPSA) is 50.8 Å². The van der Waals surface area contributed by atoms with Crippen molar-refractivity contribution in [3.8, 4) is 0 Å². The Labute approximate surface area is 171 Å². The lowest BCUT2D eigenvalue weighted by Gasteiger charge is -2.32. The zero-order valence-electron chi connectivity index (χ0n) is 17.1. The van der Waals surface area contributed by atoms with Crippen molar-refractivity contribution >= 4 is 11.7 Å². The molecule has 1 aliphatic rings. The number of piperidine rings is 1. The summed E-state index contributed by atoms with van der Waals surface area (Å²) in [6.45, 7) is 7.05. The van der Waals surface area contributed by atoms with E-state index < -0.39 is 5.97 Å². The maximum atomic E-state index is 13.7. The van der Waals surface area contributed by atoms with Gasteiger partial charge in [-0.3, -0.25) is 9.79 Å². The van der Waals surface area contributed by atoms with Crippen molar-refractivity contribution in [2.75, 3.05) is 25.0 Å². The first-order valence-corrected chi connectivity index (χ1v) is 10.2. The van der Waals surface area contributed by atoms with Gasteiger partial charge in [0.2, 0.25) is 0 Å². The van der Waals surface area contributed by atoms with E-state index in [-0.39, 0.29) is 5.82 Å². The molecule has 2 aromatic rings. The fourth-order valence-electron chi connectivity index (χ4n) is 3.50. The number of nitrogens with zero attached hydrogens (tertiary/aromatic N) is 1. The van der Waals surface area contributed by atoms with Crippen LogP contribution in [0.1, 0.15) is 42.6 Å². The van der Waals surface area contributed by atoms with Gasteiger partial charge in [0.1, 0.15) is 5.82 Å². The molecule has 0 aliphatic carbocycles. The fraction of sp³-hybridized carbons (Fsp3) is 0.435. The van der Waals surface area contributed by atoms with Crippen LogP contribution in [0.2, 0.25) is 0 Å². The molecule has 5 nitrogen and oxygen atoms in total. The average molecular weight is 400 g/mol. The highest BCUT2D eigenvalue weighted by Crippen LogP contribution is 2.24. The van der Waals surface area contributed by atoms with Crippen LogP contribution < -0.4 is 5.32 Å². The molecule has 1 saturated heterocycles. The van der Waals surface area contributed by atoms with Gasteiger partial charge in [-0.1, -0.05) is 18.2 Å². The summed E-state index contributed by atoms with van der Waals surface area (Å²) >= 11 is 0. The van der Waals surface area contributed by atoms with E-state index >= 15 is 0 Å². The molecule has 0 saturated carbocycles. The van der Waals surface area contributed by atoms with Gasteiger partial charge in [-0.25, -0.2) is 9.18 Å². The second kappa shape index (κ2) is 10.4. The molecule has 0 amide bonds. The van der Waals surface area contributed by atoms with Gasteiger partial charge in [0.05, 0.1) is 12.2 Å². The first-order valence-electron chi connectivity index (χ1n) is 10.2. The number of benzene rings is 2. The van der Waals surface area contributed by atoms with Gasteiger partial charge >= 0.3 is 5.97 Å². The van der Waals surface area contributed by atoms with Crippen molar-refractivity contribution < 1.29 is 19.0 Å². The molecule has 0 radical (unpaired) electrons. The lowest BCUT2D eigenvalue weighted by atomic mass is 9.97. The van der Waals surface area contributed by atoms with Gasteiger partial charge in [0, 0.05) is 18.3 Å². The Kier molecular flexibility index (Phi) is 7.61. The van der Waals surface area contributed by atoms with Crippen LogP contribution in [-0.4, -0.2) is 36.6 Å². The first-order chi connectivity index (χ1) is 14.0. The summed E-state index contributed by atoms with van der Waals surface area (Å²) in [4.78, 5) is 24.3. The summed E-state index contributed by atoms with van der Waals surface area (Å²) in [5.74, 6) is -0.340. The Morgan fingerprint density at radius 2 is 1.90 bits per heavy atom. The minimum absolute atomic E-state index is 0.210. The van der Waals surface area contributed by atoms with Crippen LogP contribution in [0.3, 0.4) is 0 Å². The molecule has 29 heavy (non-hydrogen) atoms. The first kappa shape index (κ1) is 21.3. The number of anilines is 1. The predicted octanol–water partition coefficient (Wildman–Crippen LogP) is 4.65. The number of hydrogen-bond donors (Lipinski definition) is 1. The molecule has 6 heteroatoms. The Bertz CT molecular complexity index is 790. The highest BCUT2D eigenvalue weighted by Gasteiger charge is 2.21. The van der Waals surface area contributed by atoms with Crippen molar-refractivity contribution in [3.63, 3.8) is 0 Å². The van der Waals surface area contributed by atoms with E-state index in [1.807, 2.05) is 12.1 Å². The Hall–Kier alpha value is -2.44. The van der Waals surface area contributed by atoms with Crippen LogP contribution >= 0.6 is 0 Å². The fourth-order valence-corrected chi connectivity index (χ4v) is 3.50. The number of nitrogens with one attached hydrogen (secondary N) is 1. The zero-order chi connectivity index (χ0) is 20.6. The number of halogens is 1. The number of carbonyl (C=O) groups is 1. The molecule has 1 heterocycles. The lowest BCUT2D eigenvalue weighted by Crippen LogP contribution is -2.35. The van der Waals surface area contributed by atoms with Crippen molar-refractivity contribution in [2.24, 2.45) is 5.92 Å². The van der Waals surface area contributed by atoms with Crippen LogP contribution in [0.15, 0.2) is 48.5 Å². The van der Waals surface area contributed by atoms with Crippen molar-refractivity contribution in [1.82, 2.24) is 4.90 Å². The summed E-state index contributed by atoms with van der Waals surface area (Å²) in [5.41, 5.74) is 2.44. The molecule has 2 aromatic carbocycles. The van der Waals surface area contributed by atoms with Crippen LogP contribution in [0, 0.1) is 11.7 Å². The molecule has 0 spiro atoms. The minimum atomic E-state index is -0.473. The van der Waals surface area contributed by atoms with E-state index in [0.29, 0.717) is 30.7 Å². The van der Waals surface area contributed by atoms with E-state index in [1.165, 1.54) is 6.07 Å². The van der Waals surface area contributed by atoms with E-state index in [0.717, 1.165) is 37.2 Å². The smallest absolute Gasteiger partial charge is 0.373 e. The quantitative estimate of drug-likeness (QED) is 0.516. The SMILES string of the molecule is CC(C)Nc1ccc(F)cc1CN1CCC(COOC(=O)c2ccccc2)CC1. The van der Waals surface area contributed by atoms with Gasteiger partial charge in [-0.2, -0.15) is 4.89 Å². The molecule has 1 fully saturated rings. The standard InChI is InChI=1S/C23H29FN2O3/c1-17(2)25-22-9-8-21(24)14-20(22)15-26-12-10-18(11-13-26)16-28-29-23(27)19-6-4-3-5-7-19/h3-9,14,17-18,25H,10-13,15-16H2,1-2H3. The maximum absolute atomic E-state index is 13.7. The monoisotopic (exact) mass is 400 g/mol. The second-order valence-corrected chi connectivity index (χ2v) is 7.84. The van der Waals surface area contributed by atoms with E-state index in [4.69, 9.17) is 9.78 Å². The highest BCUT2D eigenvalue weighted by molar-refractivity contribution is 5.88. The summed E-state index contributed by atoms with van der Waals surface area (Å²) in [6.07, 6.45) is 1.90. The van der Waals surface area contributed by atoms with E-state index in [1.54, 1.807) is 30.3 Å². The van der Waals surface area contributed by atoms with Crippen molar-refractivity contribution in [3.05, 3.63) is 65.5 Å². The van der Waals surface area contributed by atoms with Gasteiger partial charge < -0.3 is 5.32 Å². The third kappa shape index (κ3) is 6.54. The molecular formula is C23H29FN2O3. The molecule has 0 atom stereocenters. The van der Waals surface area contributed by atoms with E-state index in [9.17, 15) is 9.18 Å². The average Bonchev–Trinajstić information content (AvgIpc) is 2.71. The lowest BCUT2D eigenvalue weighted by molar-refractivity contribution is -0.250. The summed E-state index contributed by atoms with van der Waals surface area (Å²) in [7, 11) is 0. The third-order valence-electron chi connectivity index (χ3n) is 5.06. The Balaban J connectivity index is 1.43. The van der Waals surface area contributed by atoms with Gasteiger partial charge in [0.15, 0.2) is 0 Å². The molecule has 3 rings (SSSR count). The van der Waals surface area contributed by atoms with Gasteiger partial charge in [-0.05, 0) is 81.6 Å². The summed E-state index contributed by atoms with van der Waals surface area (Å²) in [5, 5.41) is 3.39. The van der Waals surface area contributed by atoms with Crippen LogP contribution in [-0.2, 0) is 16.3 Å². The Morgan fingerprint density at radius 1 is 1.17 bits per heavy atom. The third-order valence-corrected chi connectivity index (χ3v) is 5.06. The number of rotatable bonds is 8. The highest BCUT2D eigenvalue weighted by atomic mass is 19.1. The summed E-state index contributed by atoms with van der Waals surface area (Å²) in [6, 6.07) is 14.0. The van der Waals surface area contributed by atoms with Gasteiger partial charge in [-0.15, -0.1) is 0 Å². The molecule has 1 N–H and O–H groups in total. The van der Waals surface area contributed by atoms with Crippen molar-refractivity contribution in [1.29, 1.82) is 0 Å². The largest absolute Gasteiger partial charge is 0.383 e. The Morgan fingerprint density at radius 3 is 2.59 bits per heavy atom. The number of likely N-dealkylation sites (tertiary alicyclic amines) is 1. The van der Waals surface area contributed by atoms with Crippen LogP contribution in [0.5, 0.6) is 0 Å². The molecule has 0 bridgehead atoms. The van der Waals surface area contributed by atoms with Gasteiger partial charge in [0.25, 0.3) is 0 Å². The normalized spacial score (nSPS) is 15.4. The minimum Gasteiger partial charge on any atom is -0.383 e.